The second-order valence-electron chi connectivity index (χ2n) is 2.75. The lowest BCUT2D eigenvalue weighted by Gasteiger charge is -2.21. The van der Waals surface area contributed by atoms with Crippen LogP contribution in [0, 0.1) is 0 Å². The largest absolute Gasteiger partial charge is 0.448 e. The third-order valence-corrected chi connectivity index (χ3v) is 2.26. The Morgan fingerprint density at radius 1 is 1.50 bits per heavy atom. The summed E-state index contributed by atoms with van der Waals surface area (Å²) in [5.74, 6) is -0.225. The molecule has 1 rings (SSSR count). The number of hydrogen-bond donors (Lipinski definition) is 1. The van der Waals surface area contributed by atoms with E-state index in [1.807, 2.05) is 0 Å². The minimum atomic E-state index is -0.439. The Balaban J connectivity index is 2.43. The maximum absolute atomic E-state index is 10.5. The summed E-state index contributed by atoms with van der Waals surface area (Å²) in [6.07, 6.45) is 4.04. The summed E-state index contributed by atoms with van der Waals surface area (Å²) in [5.41, 5.74) is 0. The number of ether oxygens (including phenoxy) is 1. The summed E-state index contributed by atoms with van der Waals surface area (Å²) in [7, 11) is 0. The van der Waals surface area contributed by atoms with Gasteiger partial charge in [-0.2, -0.15) is 0 Å². The van der Waals surface area contributed by atoms with Crippen LogP contribution in [0.25, 0.3) is 0 Å². The Morgan fingerprint density at radius 2 is 2.00 bits per heavy atom. The molecule has 1 aliphatic rings. The molecule has 58 valence electrons. The molecule has 0 aromatic heterocycles. The lowest BCUT2D eigenvalue weighted by Crippen LogP contribution is -2.23. The second kappa shape index (κ2) is 2.82. The highest BCUT2D eigenvalue weighted by molar-refractivity contribution is 7.81. The van der Waals surface area contributed by atoms with Crippen LogP contribution in [0.4, 0.5) is 0 Å². The minimum Gasteiger partial charge on any atom is -0.448 e. The van der Waals surface area contributed by atoms with E-state index in [1.165, 1.54) is 6.92 Å². The molecule has 0 heterocycles. The van der Waals surface area contributed by atoms with Gasteiger partial charge in [-0.05, 0) is 25.7 Å². The molecule has 2 nitrogen and oxygen atoms in total. The van der Waals surface area contributed by atoms with Crippen molar-refractivity contribution in [3.8, 4) is 0 Å². The van der Waals surface area contributed by atoms with Crippen LogP contribution in [0.1, 0.15) is 32.6 Å². The Kier molecular flexibility index (Phi) is 2.24. The average molecular weight is 160 g/mol. The molecule has 0 amide bonds. The summed E-state index contributed by atoms with van der Waals surface area (Å²) in [6, 6.07) is 0. The summed E-state index contributed by atoms with van der Waals surface area (Å²) in [6.45, 7) is 1.43. The fraction of sp³-hybridized carbons (Fsp3) is 0.857. The van der Waals surface area contributed by atoms with Gasteiger partial charge in [-0.3, -0.25) is 4.79 Å². The molecular weight excluding hydrogens is 148 g/mol. The molecule has 1 aliphatic carbocycles. The molecule has 1 fully saturated rings. The molecule has 0 aromatic rings. The van der Waals surface area contributed by atoms with Gasteiger partial charge in [0.1, 0.15) is 0 Å². The summed E-state index contributed by atoms with van der Waals surface area (Å²) < 4.78 is 5.02. The number of esters is 1. The van der Waals surface area contributed by atoms with Gasteiger partial charge in [0.2, 0.25) is 0 Å². The number of carbonyl (C=O) groups excluding carboxylic acids is 1. The normalized spacial score (nSPS) is 22.6. The van der Waals surface area contributed by atoms with Gasteiger partial charge in [0.25, 0.3) is 0 Å². The van der Waals surface area contributed by atoms with E-state index in [4.69, 9.17) is 4.74 Å². The molecule has 0 radical (unpaired) electrons. The van der Waals surface area contributed by atoms with Crippen LogP contribution in [-0.4, -0.2) is 10.9 Å². The molecule has 3 heteroatoms. The lowest BCUT2D eigenvalue weighted by molar-refractivity contribution is -0.148. The highest BCUT2D eigenvalue weighted by Gasteiger charge is 2.32. The van der Waals surface area contributed by atoms with Crippen LogP contribution in [0.3, 0.4) is 0 Å². The Morgan fingerprint density at radius 3 is 2.40 bits per heavy atom. The SMILES string of the molecule is CC(=O)OC1(S)CCCC1. The highest BCUT2D eigenvalue weighted by Crippen LogP contribution is 2.36. The van der Waals surface area contributed by atoms with Gasteiger partial charge in [0.05, 0.1) is 0 Å². The van der Waals surface area contributed by atoms with Crippen LogP contribution in [0.2, 0.25) is 0 Å². The van der Waals surface area contributed by atoms with Gasteiger partial charge >= 0.3 is 5.97 Å². The fourth-order valence-electron chi connectivity index (χ4n) is 1.30. The van der Waals surface area contributed by atoms with Gasteiger partial charge < -0.3 is 4.74 Å². The Bertz CT molecular complexity index is 139. The van der Waals surface area contributed by atoms with Gasteiger partial charge in [-0.15, -0.1) is 12.6 Å². The van der Waals surface area contributed by atoms with Crippen molar-refractivity contribution in [2.45, 2.75) is 37.5 Å². The van der Waals surface area contributed by atoms with E-state index >= 15 is 0 Å². The molecule has 0 aliphatic heterocycles. The molecule has 1 saturated carbocycles. The first-order valence-electron chi connectivity index (χ1n) is 3.54. The summed E-state index contributed by atoms with van der Waals surface area (Å²) in [4.78, 5) is 10.1. The van der Waals surface area contributed by atoms with E-state index in [0.717, 1.165) is 25.7 Å². The fourth-order valence-corrected chi connectivity index (χ4v) is 1.74. The van der Waals surface area contributed by atoms with E-state index in [9.17, 15) is 4.79 Å². The van der Waals surface area contributed by atoms with E-state index in [0.29, 0.717) is 0 Å². The third-order valence-electron chi connectivity index (χ3n) is 1.72. The van der Waals surface area contributed by atoms with Crippen molar-refractivity contribution >= 4 is 18.6 Å². The second-order valence-corrected chi connectivity index (χ2v) is 3.56. The molecule has 0 unspecified atom stereocenters. The Labute approximate surface area is 66.4 Å². The third kappa shape index (κ3) is 1.90. The molecule has 0 spiro atoms. The average Bonchev–Trinajstić information content (AvgIpc) is 2.12. The zero-order chi connectivity index (χ0) is 7.61. The van der Waals surface area contributed by atoms with E-state index in [-0.39, 0.29) is 5.97 Å². The minimum absolute atomic E-state index is 0.225. The van der Waals surface area contributed by atoms with E-state index < -0.39 is 4.93 Å². The van der Waals surface area contributed by atoms with Crippen molar-refractivity contribution in [3.05, 3.63) is 0 Å². The molecule has 0 atom stereocenters. The molecule has 10 heavy (non-hydrogen) atoms. The van der Waals surface area contributed by atoms with Gasteiger partial charge in [-0.25, -0.2) is 0 Å². The van der Waals surface area contributed by atoms with Crippen LogP contribution in [-0.2, 0) is 9.53 Å². The zero-order valence-corrected chi connectivity index (χ0v) is 6.99. The van der Waals surface area contributed by atoms with Crippen LogP contribution < -0.4 is 0 Å². The number of rotatable bonds is 1. The maximum atomic E-state index is 10.5. The Hall–Kier alpha value is -0.180. The van der Waals surface area contributed by atoms with Gasteiger partial charge in [0.15, 0.2) is 4.93 Å². The molecule has 0 saturated heterocycles. The molecule has 0 N–H and O–H groups in total. The molecule has 0 bridgehead atoms. The maximum Gasteiger partial charge on any atom is 0.304 e. The first kappa shape index (κ1) is 7.92. The smallest absolute Gasteiger partial charge is 0.304 e. The van der Waals surface area contributed by atoms with Gasteiger partial charge in [-0.1, -0.05) is 0 Å². The van der Waals surface area contributed by atoms with Crippen LogP contribution >= 0.6 is 12.6 Å². The molecule has 0 aromatic carbocycles. The topological polar surface area (TPSA) is 26.3 Å². The monoisotopic (exact) mass is 160 g/mol. The van der Waals surface area contributed by atoms with Crippen molar-refractivity contribution in [1.29, 1.82) is 0 Å². The number of carbonyl (C=O) groups is 1. The van der Waals surface area contributed by atoms with Crippen molar-refractivity contribution in [2.24, 2.45) is 0 Å². The van der Waals surface area contributed by atoms with Crippen molar-refractivity contribution < 1.29 is 9.53 Å². The zero-order valence-electron chi connectivity index (χ0n) is 6.09. The van der Waals surface area contributed by atoms with Crippen molar-refractivity contribution in [2.75, 3.05) is 0 Å². The standard InChI is InChI=1S/C7H12O2S/c1-6(8)9-7(10)4-2-3-5-7/h10H,2-5H2,1H3. The highest BCUT2D eigenvalue weighted by atomic mass is 32.1. The number of hydrogen-bond acceptors (Lipinski definition) is 3. The number of thiol groups is 1. The van der Waals surface area contributed by atoms with Crippen molar-refractivity contribution in [3.63, 3.8) is 0 Å². The summed E-state index contributed by atoms with van der Waals surface area (Å²) in [5, 5.41) is 0. The first-order valence-corrected chi connectivity index (χ1v) is 3.99. The van der Waals surface area contributed by atoms with E-state index in [1.54, 1.807) is 0 Å². The van der Waals surface area contributed by atoms with Crippen molar-refractivity contribution in [1.82, 2.24) is 0 Å². The van der Waals surface area contributed by atoms with Gasteiger partial charge in [0, 0.05) is 6.92 Å². The summed E-state index contributed by atoms with van der Waals surface area (Å²) >= 11 is 4.28. The predicted molar refractivity (Wildman–Crippen MR) is 42.0 cm³/mol. The van der Waals surface area contributed by atoms with E-state index in [2.05, 4.69) is 12.6 Å². The van der Waals surface area contributed by atoms with Crippen LogP contribution in [0.15, 0.2) is 0 Å². The first-order chi connectivity index (χ1) is 4.62. The lowest BCUT2D eigenvalue weighted by atomic mass is 10.3. The predicted octanol–water partition coefficient (Wildman–Crippen LogP) is 1.75. The molecular formula is C7H12O2S. The van der Waals surface area contributed by atoms with Crippen LogP contribution in [0.5, 0.6) is 0 Å². The quantitative estimate of drug-likeness (QED) is 0.359.